The Hall–Kier alpha value is -1.90. The highest BCUT2D eigenvalue weighted by molar-refractivity contribution is 7.86. The first kappa shape index (κ1) is 17.9. The summed E-state index contributed by atoms with van der Waals surface area (Å²) in [5.74, 6) is -8.91. The molecule has 3 fully saturated rings. The minimum Gasteiger partial charge on any atom is -0.272 e. The van der Waals surface area contributed by atoms with Gasteiger partial charge in [-0.25, -0.2) is 0 Å². The van der Waals surface area contributed by atoms with Crippen LogP contribution in [0.15, 0.2) is 0 Å². The molecule has 0 aromatic carbocycles. The normalized spacial score (nSPS) is 32.6. The van der Waals surface area contributed by atoms with E-state index in [-0.39, 0.29) is 16.5 Å². The van der Waals surface area contributed by atoms with Gasteiger partial charge >= 0.3 is 0 Å². The van der Waals surface area contributed by atoms with Gasteiger partial charge in [-0.15, -0.1) is 18.7 Å². The van der Waals surface area contributed by atoms with Crippen LogP contribution in [0.2, 0.25) is 0 Å². The quantitative estimate of drug-likeness (QED) is 0.460. The van der Waals surface area contributed by atoms with Crippen molar-refractivity contribution < 1.29 is 44.6 Å². The molecule has 0 spiro atoms. The van der Waals surface area contributed by atoms with E-state index >= 15 is 0 Å². The Balaban J connectivity index is 1.91. The van der Waals surface area contributed by atoms with Crippen LogP contribution in [0.3, 0.4) is 0 Å². The van der Waals surface area contributed by atoms with E-state index in [1.807, 2.05) is 0 Å². The second-order valence-electron chi connectivity index (χ2n) is 6.00. The molecule has 4 amide bonds. The van der Waals surface area contributed by atoms with Gasteiger partial charge in [0.2, 0.25) is 0 Å². The number of rotatable bonds is 4. The van der Waals surface area contributed by atoms with Crippen LogP contribution in [-0.4, -0.2) is 63.1 Å². The summed E-state index contributed by atoms with van der Waals surface area (Å²) in [6, 6.07) is 0. The molecule has 1 saturated carbocycles. The summed E-state index contributed by atoms with van der Waals surface area (Å²) in [7, 11) is -8.34. The molecule has 138 valence electrons. The first-order valence-corrected chi connectivity index (χ1v) is 10.5. The Morgan fingerprint density at radius 2 is 1.04 bits per heavy atom. The number of fused-ring (bicyclic) bond motifs is 3. The van der Waals surface area contributed by atoms with Crippen molar-refractivity contribution in [3.05, 3.63) is 0 Å². The van der Waals surface area contributed by atoms with Crippen molar-refractivity contribution in [2.24, 2.45) is 23.7 Å². The number of imide groups is 2. The Morgan fingerprint density at radius 1 is 0.720 bits per heavy atom. The van der Waals surface area contributed by atoms with Crippen LogP contribution in [0.25, 0.3) is 0 Å². The van der Waals surface area contributed by atoms with Crippen LogP contribution in [0.1, 0.15) is 6.42 Å². The van der Waals surface area contributed by atoms with E-state index in [0.29, 0.717) is 12.5 Å². The molecule has 2 heterocycles. The molecule has 0 radical (unpaired) electrons. The Labute approximate surface area is 141 Å². The number of hydrogen-bond donors (Lipinski definition) is 0. The van der Waals surface area contributed by atoms with Crippen molar-refractivity contribution in [3.63, 3.8) is 0 Å². The molecule has 0 N–H and O–H groups in total. The summed E-state index contributed by atoms with van der Waals surface area (Å²) in [6.45, 7) is 0. The summed E-state index contributed by atoms with van der Waals surface area (Å²) in [5.41, 5.74) is 0. The summed E-state index contributed by atoms with van der Waals surface area (Å²) in [5, 5.41) is 0.136. The van der Waals surface area contributed by atoms with Crippen molar-refractivity contribution in [3.8, 4) is 0 Å². The lowest BCUT2D eigenvalue weighted by molar-refractivity contribution is -0.168. The van der Waals surface area contributed by atoms with E-state index in [0.717, 1.165) is 0 Å². The lowest BCUT2D eigenvalue weighted by atomic mass is 9.89. The number of hydroxylamine groups is 4. The summed E-state index contributed by atoms with van der Waals surface area (Å²) in [6.07, 6.45) is 1.05. The third-order valence-corrected chi connectivity index (χ3v) is 5.03. The van der Waals surface area contributed by atoms with Gasteiger partial charge in [0.1, 0.15) is 0 Å². The molecule has 12 nitrogen and oxygen atoms in total. The number of hydrogen-bond acceptors (Lipinski definition) is 10. The molecule has 2 aliphatic heterocycles. The topological polar surface area (TPSA) is 161 Å². The van der Waals surface area contributed by atoms with Gasteiger partial charge in [-0.3, -0.25) is 19.2 Å². The van der Waals surface area contributed by atoms with Gasteiger partial charge in [0, 0.05) is 0 Å². The second-order valence-corrected chi connectivity index (χ2v) is 9.11. The van der Waals surface area contributed by atoms with E-state index in [9.17, 15) is 36.0 Å². The van der Waals surface area contributed by atoms with Crippen LogP contribution in [0, 0.1) is 23.7 Å². The van der Waals surface area contributed by atoms with E-state index in [2.05, 4.69) is 8.57 Å². The molecule has 2 saturated heterocycles. The van der Waals surface area contributed by atoms with Gasteiger partial charge in [-0.1, -0.05) is 0 Å². The van der Waals surface area contributed by atoms with Crippen LogP contribution >= 0.6 is 0 Å². The highest BCUT2D eigenvalue weighted by atomic mass is 32.2. The summed E-state index contributed by atoms with van der Waals surface area (Å²) < 4.78 is 53.4. The third kappa shape index (κ3) is 2.84. The molecule has 0 bridgehead atoms. The van der Waals surface area contributed by atoms with Gasteiger partial charge in [-0.05, 0) is 6.42 Å². The van der Waals surface area contributed by atoms with Crippen molar-refractivity contribution in [2.75, 3.05) is 12.5 Å². The average Bonchev–Trinajstić information content (AvgIpc) is 3.00. The number of carbonyl (C=O) groups is 4. The maximum atomic E-state index is 12.3. The first-order valence-electron chi connectivity index (χ1n) is 6.86. The molecule has 14 heteroatoms. The molecule has 0 aromatic heterocycles. The van der Waals surface area contributed by atoms with Gasteiger partial charge in [0.05, 0.1) is 36.2 Å². The lowest BCUT2D eigenvalue weighted by Crippen LogP contribution is -2.37. The van der Waals surface area contributed by atoms with E-state index in [4.69, 9.17) is 0 Å². The highest BCUT2D eigenvalue weighted by Crippen LogP contribution is 2.51. The minimum atomic E-state index is -4.17. The zero-order chi connectivity index (χ0) is 18.9. The second kappa shape index (κ2) is 5.30. The largest absolute Gasteiger partial charge is 0.285 e. The molecule has 3 aliphatic rings. The van der Waals surface area contributed by atoms with E-state index < -0.39 is 67.5 Å². The number of amides is 4. The van der Waals surface area contributed by atoms with Gasteiger partial charge < -0.3 is 0 Å². The van der Waals surface area contributed by atoms with Crippen molar-refractivity contribution >= 4 is 43.9 Å². The highest BCUT2D eigenvalue weighted by Gasteiger charge is 2.67. The van der Waals surface area contributed by atoms with Gasteiger partial charge in [-0.2, -0.15) is 16.8 Å². The number of nitrogens with zero attached hydrogens (tertiary/aromatic N) is 2. The minimum absolute atomic E-state index is 0.0682. The van der Waals surface area contributed by atoms with Crippen LogP contribution < -0.4 is 0 Å². The van der Waals surface area contributed by atoms with E-state index in [1.54, 1.807) is 0 Å². The molecule has 4 unspecified atom stereocenters. The SMILES string of the molecule is CS(=O)(=O)ON1C(=O)C2CC3C(=O)N(OS(C)(=O)=O)C(=O)C3C2C1=O. The zero-order valence-electron chi connectivity index (χ0n) is 12.8. The maximum absolute atomic E-state index is 12.3. The van der Waals surface area contributed by atoms with Crippen LogP contribution in [0.4, 0.5) is 0 Å². The van der Waals surface area contributed by atoms with Crippen LogP contribution in [-0.2, 0) is 48.0 Å². The Kier molecular flexibility index (Phi) is 3.79. The monoisotopic (exact) mass is 396 g/mol. The average molecular weight is 396 g/mol. The smallest absolute Gasteiger partial charge is 0.272 e. The van der Waals surface area contributed by atoms with Crippen LogP contribution in [0.5, 0.6) is 0 Å². The van der Waals surface area contributed by atoms with E-state index in [1.165, 1.54) is 0 Å². The molecule has 3 rings (SSSR count). The fourth-order valence-corrected chi connectivity index (χ4v) is 4.27. The first-order chi connectivity index (χ1) is 11.3. The molecule has 25 heavy (non-hydrogen) atoms. The Bertz CT molecular complexity index is 833. The number of carbonyl (C=O) groups excluding carboxylic acids is 4. The molecule has 0 aromatic rings. The van der Waals surface area contributed by atoms with Crippen molar-refractivity contribution in [1.29, 1.82) is 0 Å². The van der Waals surface area contributed by atoms with Crippen molar-refractivity contribution in [1.82, 2.24) is 10.1 Å². The lowest BCUT2D eigenvalue weighted by Gasteiger charge is -2.15. The Morgan fingerprint density at radius 3 is 1.32 bits per heavy atom. The zero-order valence-corrected chi connectivity index (χ0v) is 14.4. The fraction of sp³-hybridized carbons (Fsp3) is 0.636. The molecule has 4 atom stereocenters. The predicted octanol–water partition coefficient (Wildman–Crippen LogP) is -2.63. The molecular weight excluding hydrogens is 384 g/mol. The van der Waals surface area contributed by atoms with Gasteiger partial charge in [0.25, 0.3) is 43.9 Å². The van der Waals surface area contributed by atoms with Crippen molar-refractivity contribution in [2.45, 2.75) is 6.42 Å². The summed E-state index contributed by atoms with van der Waals surface area (Å²) in [4.78, 5) is 49.0. The molecule has 1 aliphatic carbocycles. The third-order valence-electron chi connectivity index (χ3n) is 4.19. The van der Waals surface area contributed by atoms with Gasteiger partial charge in [0.15, 0.2) is 0 Å². The maximum Gasteiger partial charge on any atom is 0.285 e. The fourth-order valence-electron chi connectivity index (χ4n) is 3.43. The predicted molar refractivity (Wildman–Crippen MR) is 74.1 cm³/mol. The molecular formula is C11H12N2O10S2. The summed E-state index contributed by atoms with van der Waals surface area (Å²) >= 11 is 0. The standard InChI is InChI=1S/C11H12N2O10S2/c1-24(18,19)22-12-8(14)4-3-5-7(6(4)10(12)16)11(17)13(9(5)15)23-25(2,20)21/h4-7H,3H2,1-2H3.